The molecule has 3 aromatic heterocycles. The van der Waals surface area contributed by atoms with E-state index in [1.165, 1.54) is 18.3 Å². The molecular weight excluding hydrogens is 436 g/mol. The van der Waals surface area contributed by atoms with Crippen molar-refractivity contribution in [3.05, 3.63) is 41.7 Å². The van der Waals surface area contributed by atoms with Crippen LogP contribution in [-0.4, -0.2) is 28.2 Å². The lowest BCUT2D eigenvalue weighted by molar-refractivity contribution is 0.523. The van der Waals surface area contributed by atoms with Gasteiger partial charge in [0.25, 0.3) is 11.1 Å². The third-order valence-corrected chi connectivity index (χ3v) is 6.13. The summed E-state index contributed by atoms with van der Waals surface area (Å²) in [4.78, 5) is 62.2. The van der Waals surface area contributed by atoms with Gasteiger partial charge in [0.15, 0.2) is 22.3 Å². The fourth-order valence-corrected chi connectivity index (χ4v) is 4.05. The van der Waals surface area contributed by atoms with Gasteiger partial charge in [0.1, 0.15) is 0 Å². The van der Waals surface area contributed by atoms with Gasteiger partial charge in [-0.3, -0.25) is 27.9 Å². The Hall–Kier alpha value is -3.04. The van der Waals surface area contributed by atoms with Gasteiger partial charge in [-0.05, 0) is 25.7 Å². The summed E-state index contributed by atoms with van der Waals surface area (Å²) in [6.07, 6.45) is 6.16. The van der Waals surface area contributed by atoms with Gasteiger partial charge in [0, 0.05) is 26.2 Å². The van der Waals surface area contributed by atoms with Crippen LogP contribution in [0.25, 0.3) is 22.3 Å². The van der Waals surface area contributed by atoms with E-state index in [-0.39, 0.29) is 35.4 Å². The molecule has 0 unspecified atom stereocenters. The summed E-state index contributed by atoms with van der Waals surface area (Å²) in [5.74, 6) is 0. The van der Waals surface area contributed by atoms with Gasteiger partial charge in [-0.2, -0.15) is 0 Å². The third-order valence-electron chi connectivity index (χ3n) is 6.13. The highest BCUT2D eigenvalue weighted by atomic mass is 16.2. The molecule has 34 heavy (non-hydrogen) atoms. The Balaban J connectivity index is 2.47. The Bertz CT molecular complexity index is 1290. The van der Waals surface area contributed by atoms with E-state index < -0.39 is 22.5 Å². The minimum absolute atomic E-state index is 0.0228. The highest BCUT2D eigenvalue weighted by Crippen LogP contribution is 2.11. The molecule has 0 aliphatic carbocycles. The van der Waals surface area contributed by atoms with E-state index in [4.69, 9.17) is 0 Å². The summed E-state index contributed by atoms with van der Waals surface area (Å²) in [5, 5.41) is 0. The topological polar surface area (TPSA) is 114 Å². The molecule has 3 rings (SSSR count). The maximum absolute atomic E-state index is 13.3. The normalized spacial score (nSPS) is 11.6. The van der Waals surface area contributed by atoms with Gasteiger partial charge in [-0.25, -0.2) is 19.6 Å². The van der Waals surface area contributed by atoms with E-state index in [1.54, 1.807) is 0 Å². The second-order valence-electron chi connectivity index (χ2n) is 8.76. The first-order valence-corrected chi connectivity index (χ1v) is 12.6. The molecule has 3 aromatic rings. The maximum atomic E-state index is 13.3. The Morgan fingerprint density at radius 1 is 0.500 bits per heavy atom. The predicted octanol–water partition coefficient (Wildman–Crippen LogP) is 2.63. The standard InChI is InChI=1S/C24H36N6O4/c1-5-9-13-27-19-17(21(31)29(23(27)33)15-11-7-3)26-20-18(25-19)22(32)30(16-12-8-4)24(34)28(20)14-10-6-2/h5-16H2,1-4H3. The number of unbranched alkanes of at least 4 members (excludes halogenated alkanes) is 4. The monoisotopic (exact) mass is 472 g/mol. The summed E-state index contributed by atoms with van der Waals surface area (Å²) in [5.41, 5.74) is -1.64. The minimum Gasteiger partial charge on any atom is -0.276 e. The highest BCUT2D eigenvalue weighted by Gasteiger charge is 2.21. The van der Waals surface area contributed by atoms with Gasteiger partial charge in [0.05, 0.1) is 0 Å². The fourth-order valence-electron chi connectivity index (χ4n) is 4.05. The van der Waals surface area contributed by atoms with Crippen molar-refractivity contribution in [2.45, 2.75) is 105 Å². The van der Waals surface area contributed by atoms with Gasteiger partial charge >= 0.3 is 11.4 Å². The molecule has 0 spiro atoms. The lowest BCUT2D eigenvalue weighted by Gasteiger charge is -2.16. The molecule has 0 saturated carbocycles. The summed E-state index contributed by atoms with van der Waals surface area (Å²) < 4.78 is 5.33. The molecule has 0 fully saturated rings. The van der Waals surface area contributed by atoms with Crippen LogP contribution in [0.15, 0.2) is 19.2 Å². The molecule has 10 nitrogen and oxygen atoms in total. The van der Waals surface area contributed by atoms with Crippen molar-refractivity contribution in [1.29, 1.82) is 0 Å². The van der Waals surface area contributed by atoms with E-state index in [0.29, 0.717) is 25.9 Å². The van der Waals surface area contributed by atoms with Crippen LogP contribution < -0.4 is 22.5 Å². The first-order valence-electron chi connectivity index (χ1n) is 12.6. The van der Waals surface area contributed by atoms with Crippen LogP contribution in [0.5, 0.6) is 0 Å². The molecular formula is C24H36N6O4. The molecule has 186 valence electrons. The van der Waals surface area contributed by atoms with Crippen LogP contribution in [0.1, 0.15) is 79.1 Å². The van der Waals surface area contributed by atoms with Crippen molar-refractivity contribution in [2.24, 2.45) is 0 Å². The second-order valence-corrected chi connectivity index (χ2v) is 8.76. The lowest BCUT2D eigenvalue weighted by atomic mass is 10.3. The summed E-state index contributed by atoms with van der Waals surface area (Å²) in [6, 6.07) is 0. The van der Waals surface area contributed by atoms with E-state index in [2.05, 4.69) is 9.97 Å². The molecule has 0 aliphatic rings. The van der Waals surface area contributed by atoms with Gasteiger partial charge in [0.2, 0.25) is 0 Å². The van der Waals surface area contributed by atoms with Crippen LogP contribution >= 0.6 is 0 Å². The average Bonchev–Trinajstić information content (AvgIpc) is 2.83. The van der Waals surface area contributed by atoms with Crippen molar-refractivity contribution < 1.29 is 0 Å². The summed E-state index contributed by atoms with van der Waals surface area (Å²) in [7, 11) is 0. The van der Waals surface area contributed by atoms with E-state index in [1.807, 2.05) is 27.7 Å². The summed E-state index contributed by atoms with van der Waals surface area (Å²) >= 11 is 0. The quantitative estimate of drug-likeness (QED) is 0.374. The van der Waals surface area contributed by atoms with Crippen LogP contribution in [-0.2, 0) is 26.2 Å². The zero-order valence-corrected chi connectivity index (χ0v) is 20.8. The molecule has 0 radical (unpaired) electrons. The Morgan fingerprint density at radius 3 is 1.09 bits per heavy atom. The lowest BCUT2D eigenvalue weighted by Crippen LogP contribution is -2.43. The number of aromatic nitrogens is 6. The van der Waals surface area contributed by atoms with E-state index in [9.17, 15) is 19.2 Å². The fraction of sp³-hybridized carbons (Fsp3) is 0.667. The minimum atomic E-state index is -0.528. The molecule has 0 bridgehead atoms. The van der Waals surface area contributed by atoms with Crippen molar-refractivity contribution in [3.63, 3.8) is 0 Å². The van der Waals surface area contributed by atoms with Crippen molar-refractivity contribution in [2.75, 3.05) is 0 Å². The zero-order valence-electron chi connectivity index (χ0n) is 20.8. The SMILES string of the molecule is CCCCn1c(=O)c2nc3c(nc2n(CCCC)c1=O)c(=O)n(CCCC)c(=O)n3CCCC. The molecule has 0 aliphatic heterocycles. The predicted molar refractivity (Wildman–Crippen MR) is 134 cm³/mol. The molecule has 0 amide bonds. The largest absolute Gasteiger partial charge is 0.332 e. The smallest absolute Gasteiger partial charge is 0.276 e. The number of hydrogen-bond donors (Lipinski definition) is 0. The number of hydrogen-bond acceptors (Lipinski definition) is 6. The number of rotatable bonds is 12. The van der Waals surface area contributed by atoms with Gasteiger partial charge in [-0.15, -0.1) is 0 Å². The number of nitrogens with zero attached hydrogens (tertiary/aromatic N) is 6. The van der Waals surface area contributed by atoms with Crippen LogP contribution in [0.2, 0.25) is 0 Å². The molecule has 3 heterocycles. The van der Waals surface area contributed by atoms with Crippen molar-refractivity contribution >= 4 is 22.3 Å². The van der Waals surface area contributed by atoms with Crippen LogP contribution in [0.4, 0.5) is 0 Å². The third kappa shape index (κ3) is 4.76. The second kappa shape index (κ2) is 11.4. The van der Waals surface area contributed by atoms with E-state index >= 15 is 0 Å². The first-order chi connectivity index (χ1) is 16.4. The number of aryl methyl sites for hydroxylation is 2. The first kappa shape index (κ1) is 25.6. The molecule has 0 atom stereocenters. The zero-order chi connectivity index (χ0) is 24.8. The maximum Gasteiger partial charge on any atom is 0.332 e. The highest BCUT2D eigenvalue weighted by molar-refractivity contribution is 5.81. The van der Waals surface area contributed by atoms with Gasteiger partial charge in [-0.1, -0.05) is 53.4 Å². The van der Waals surface area contributed by atoms with Crippen LogP contribution in [0, 0.1) is 0 Å². The van der Waals surface area contributed by atoms with Crippen LogP contribution in [0.3, 0.4) is 0 Å². The summed E-state index contributed by atoms with van der Waals surface area (Å²) in [6.45, 7) is 9.33. The Kier molecular flexibility index (Phi) is 8.57. The van der Waals surface area contributed by atoms with Gasteiger partial charge < -0.3 is 0 Å². The number of fused-ring (bicyclic) bond motifs is 2. The Morgan fingerprint density at radius 2 is 0.794 bits per heavy atom. The van der Waals surface area contributed by atoms with Crippen molar-refractivity contribution in [1.82, 2.24) is 28.2 Å². The molecule has 0 saturated heterocycles. The van der Waals surface area contributed by atoms with E-state index in [0.717, 1.165) is 38.5 Å². The Labute approximate surface area is 197 Å². The van der Waals surface area contributed by atoms with Crippen molar-refractivity contribution in [3.8, 4) is 0 Å². The molecule has 0 aromatic carbocycles. The molecule has 0 N–H and O–H groups in total. The molecule has 10 heteroatoms. The average molecular weight is 473 g/mol.